The van der Waals surface area contributed by atoms with Crippen molar-refractivity contribution >= 4 is 13.1 Å². The summed E-state index contributed by atoms with van der Waals surface area (Å²) in [5.74, 6) is 0.139. The molecular weight excluding hydrogens is 231 g/mol. The highest BCUT2D eigenvalue weighted by molar-refractivity contribution is 6.36. The monoisotopic (exact) mass is 249 g/mol. The van der Waals surface area contributed by atoms with E-state index < -0.39 is 0 Å². The maximum atomic E-state index is 12.6. The normalized spacial score (nSPS) is 11.8. The Labute approximate surface area is 115 Å². The highest BCUT2D eigenvalue weighted by Crippen LogP contribution is 2.25. The first-order valence-corrected chi connectivity index (χ1v) is 6.78. The molecule has 19 heavy (non-hydrogen) atoms. The molecule has 0 aliphatic rings. The van der Waals surface area contributed by atoms with E-state index in [4.69, 9.17) is 0 Å². The van der Waals surface area contributed by atoms with E-state index in [-0.39, 0.29) is 11.7 Å². The molecular formula is C17H18BO. The molecule has 0 bridgehead atoms. The van der Waals surface area contributed by atoms with Crippen molar-refractivity contribution in [2.45, 2.75) is 25.5 Å². The SMILES string of the molecule is CC[B]CC(C(=O)c1ccccc1)c1ccccc1. The molecule has 0 aromatic heterocycles. The number of ketones is 1. The second-order valence-corrected chi connectivity index (χ2v) is 4.63. The fraction of sp³-hybridized carbons (Fsp3) is 0.235. The third-order valence-electron chi connectivity index (χ3n) is 3.27. The Bertz CT molecular complexity index is 507. The van der Waals surface area contributed by atoms with Crippen LogP contribution in [0.15, 0.2) is 60.7 Å². The van der Waals surface area contributed by atoms with Crippen LogP contribution in [0.25, 0.3) is 0 Å². The maximum absolute atomic E-state index is 12.6. The molecule has 0 N–H and O–H groups in total. The zero-order valence-corrected chi connectivity index (χ0v) is 11.3. The van der Waals surface area contributed by atoms with Gasteiger partial charge in [0.2, 0.25) is 0 Å². The summed E-state index contributed by atoms with van der Waals surface area (Å²) in [5, 5.41) is 0. The van der Waals surface area contributed by atoms with Crippen molar-refractivity contribution in [1.29, 1.82) is 0 Å². The van der Waals surface area contributed by atoms with Gasteiger partial charge in [0, 0.05) is 11.5 Å². The third-order valence-corrected chi connectivity index (χ3v) is 3.27. The molecule has 0 heterocycles. The number of Topliss-reactive ketones (excluding diaryl/α,β-unsaturated/α-hetero) is 1. The van der Waals surface area contributed by atoms with Crippen LogP contribution in [0.1, 0.15) is 28.8 Å². The fourth-order valence-electron chi connectivity index (χ4n) is 2.22. The third kappa shape index (κ3) is 3.57. The van der Waals surface area contributed by atoms with Gasteiger partial charge in [-0.25, -0.2) is 0 Å². The maximum Gasteiger partial charge on any atom is 0.169 e. The molecule has 0 aliphatic carbocycles. The van der Waals surface area contributed by atoms with Gasteiger partial charge in [0.05, 0.1) is 0 Å². The van der Waals surface area contributed by atoms with Crippen molar-refractivity contribution in [2.24, 2.45) is 0 Å². The zero-order valence-electron chi connectivity index (χ0n) is 11.3. The van der Waals surface area contributed by atoms with Crippen LogP contribution < -0.4 is 0 Å². The molecule has 0 saturated heterocycles. The average Bonchev–Trinajstić information content (AvgIpc) is 2.49. The first kappa shape index (κ1) is 13.6. The van der Waals surface area contributed by atoms with E-state index in [1.54, 1.807) is 0 Å². The molecule has 0 aliphatic heterocycles. The molecule has 2 aromatic carbocycles. The Morgan fingerprint density at radius 1 is 1.00 bits per heavy atom. The summed E-state index contributed by atoms with van der Waals surface area (Å²) >= 11 is 0. The van der Waals surface area contributed by atoms with Crippen LogP contribution in [0.2, 0.25) is 12.6 Å². The summed E-state index contributed by atoms with van der Waals surface area (Å²) < 4.78 is 0. The van der Waals surface area contributed by atoms with E-state index in [0.29, 0.717) is 0 Å². The Hall–Kier alpha value is -1.83. The molecule has 2 aromatic rings. The lowest BCUT2D eigenvalue weighted by Crippen LogP contribution is -2.14. The van der Waals surface area contributed by atoms with Crippen LogP contribution in [-0.4, -0.2) is 13.1 Å². The van der Waals surface area contributed by atoms with Gasteiger partial charge in [0.25, 0.3) is 0 Å². The predicted octanol–water partition coefficient (Wildman–Crippen LogP) is 4.21. The van der Waals surface area contributed by atoms with Gasteiger partial charge < -0.3 is 0 Å². The van der Waals surface area contributed by atoms with Gasteiger partial charge >= 0.3 is 0 Å². The van der Waals surface area contributed by atoms with Gasteiger partial charge in [-0.05, 0) is 5.56 Å². The van der Waals surface area contributed by atoms with E-state index in [9.17, 15) is 4.79 Å². The molecule has 2 heteroatoms. The standard InChI is InChI=1S/C17H18BO/c1-2-18-13-16(14-9-5-3-6-10-14)17(19)15-11-7-4-8-12-15/h3-12,16H,2,13H2,1H3. The Balaban J connectivity index is 2.25. The molecule has 2 rings (SSSR count). The lowest BCUT2D eigenvalue weighted by molar-refractivity contribution is 0.0966. The van der Waals surface area contributed by atoms with Crippen LogP contribution in [0, 0.1) is 0 Å². The zero-order chi connectivity index (χ0) is 13.5. The van der Waals surface area contributed by atoms with E-state index >= 15 is 0 Å². The predicted molar refractivity (Wildman–Crippen MR) is 81.0 cm³/mol. The first-order valence-electron chi connectivity index (χ1n) is 6.78. The molecule has 0 spiro atoms. The summed E-state index contributed by atoms with van der Waals surface area (Å²) in [6, 6.07) is 19.6. The highest BCUT2D eigenvalue weighted by atomic mass is 16.1. The smallest absolute Gasteiger partial charge is 0.169 e. The van der Waals surface area contributed by atoms with Crippen LogP contribution in [0.5, 0.6) is 0 Å². The minimum absolute atomic E-state index is 0.0662. The molecule has 1 radical (unpaired) electrons. The molecule has 1 nitrogen and oxygen atoms in total. The van der Waals surface area contributed by atoms with Gasteiger partial charge in [-0.15, -0.1) is 0 Å². The van der Waals surface area contributed by atoms with Gasteiger partial charge in [0.1, 0.15) is 7.28 Å². The van der Waals surface area contributed by atoms with Gasteiger partial charge in [-0.3, -0.25) is 4.79 Å². The van der Waals surface area contributed by atoms with Crippen LogP contribution in [-0.2, 0) is 0 Å². The molecule has 1 atom stereocenters. The highest BCUT2D eigenvalue weighted by Gasteiger charge is 2.21. The number of hydrogen-bond acceptors (Lipinski definition) is 1. The van der Waals surface area contributed by atoms with E-state index in [1.807, 2.05) is 60.7 Å². The summed E-state index contributed by atoms with van der Waals surface area (Å²) in [6.45, 7) is 2.11. The Kier molecular flexibility index (Phi) is 4.97. The van der Waals surface area contributed by atoms with E-state index in [2.05, 4.69) is 14.2 Å². The van der Waals surface area contributed by atoms with Crippen LogP contribution in [0.3, 0.4) is 0 Å². The molecule has 1 unspecified atom stereocenters. The van der Waals surface area contributed by atoms with Gasteiger partial charge in [0.15, 0.2) is 5.78 Å². The minimum Gasteiger partial charge on any atom is -0.294 e. The molecule has 0 saturated carbocycles. The second kappa shape index (κ2) is 6.94. The summed E-state index contributed by atoms with van der Waals surface area (Å²) in [6.07, 6.45) is 1.79. The van der Waals surface area contributed by atoms with Crippen LogP contribution in [0.4, 0.5) is 0 Å². The Morgan fingerprint density at radius 2 is 1.58 bits per heavy atom. The topological polar surface area (TPSA) is 17.1 Å². The van der Waals surface area contributed by atoms with Crippen molar-refractivity contribution in [1.82, 2.24) is 0 Å². The minimum atomic E-state index is -0.0662. The molecule has 95 valence electrons. The molecule has 0 amide bonds. The second-order valence-electron chi connectivity index (χ2n) is 4.63. The van der Waals surface area contributed by atoms with E-state index in [0.717, 1.165) is 23.8 Å². The summed E-state index contributed by atoms with van der Waals surface area (Å²) in [7, 11) is 2.18. The number of carbonyl (C=O) groups excluding carboxylic acids is 1. The van der Waals surface area contributed by atoms with Crippen molar-refractivity contribution in [3.8, 4) is 0 Å². The number of carbonyl (C=O) groups is 1. The number of benzene rings is 2. The number of hydrogen-bond donors (Lipinski definition) is 0. The summed E-state index contributed by atoms with van der Waals surface area (Å²) in [5.41, 5.74) is 1.89. The Morgan fingerprint density at radius 3 is 2.16 bits per heavy atom. The first-order chi connectivity index (χ1) is 9.33. The lowest BCUT2D eigenvalue weighted by atomic mass is 9.64. The quantitative estimate of drug-likeness (QED) is 0.553. The van der Waals surface area contributed by atoms with Gasteiger partial charge in [-0.1, -0.05) is 80.2 Å². The van der Waals surface area contributed by atoms with Crippen molar-refractivity contribution in [2.75, 3.05) is 0 Å². The van der Waals surface area contributed by atoms with E-state index in [1.165, 1.54) is 0 Å². The van der Waals surface area contributed by atoms with Crippen LogP contribution >= 0.6 is 0 Å². The fourth-order valence-corrected chi connectivity index (χ4v) is 2.22. The van der Waals surface area contributed by atoms with Gasteiger partial charge in [-0.2, -0.15) is 0 Å². The lowest BCUT2D eigenvalue weighted by Gasteiger charge is -2.15. The van der Waals surface area contributed by atoms with Crippen molar-refractivity contribution in [3.63, 3.8) is 0 Å². The average molecular weight is 249 g/mol. The largest absolute Gasteiger partial charge is 0.294 e. The molecule has 0 fully saturated rings. The van der Waals surface area contributed by atoms with Crippen molar-refractivity contribution in [3.05, 3.63) is 71.8 Å². The summed E-state index contributed by atoms with van der Waals surface area (Å²) in [4.78, 5) is 12.6. The van der Waals surface area contributed by atoms with Crippen molar-refractivity contribution < 1.29 is 4.79 Å². The number of rotatable bonds is 6.